The molecular formula is C15H28N2O2S. The average molecular weight is 300 g/mol. The van der Waals surface area contributed by atoms with Crippen molar-refractivity contribution in [1.82, 2.24) is 10.3 Å². The molecule has 2 unspecified atom stereocenters. The van der Waals surface area contributed by atoms with Crippen molar-refractivity contribution < 1.29 is 9.84 Å². The Balaban J connectivity index is 2.53. The fraction of sp³-hybridized carbons (Fsp3) is 0.800. The molecule has 0 aromatic carbocycles. The molecule has 2 atom stereocenters. The Kier molecular flexibility index (Phi) is 6.13. The summed E-state index contributed by atoms with van der Waals surface area (Å²) < 4.78 is 5.60. The van der Waals surface area contributed by atoms with Crippen molar-refractivity contribution in [1.29, 1.82) is 0 Å². The van der Waals surface area contributed by atoms with Crippen LogP contribution in [0.2, 0.25) is 0 Å². The predicted octanol–water partition coefficient (Wildman–Crippen LogP) is 2.84. The summed E-state index contributed by atoms with van der Waals surface area (Å²) in [5.74, 6) is 0. The van der Waals surface area contributed by atoms with Crippen LogP contribution < -0.4 is 5.32 Å². The Morgan fingerprint density at radius 1 is 1.40 bits per heavy atom. The molecule has 0 saturated heterocycles. The molecule has 0 radical (unpaired) electrons. The van der Waals surface area contributed by atoms with Gasteiger partial charge in [-0.1, -0.05) is 6.92 Å². The monoisotopic (exact) mass is 300 g/mol. The number of nitrogens with zero attached hydrogens (tertiary/aromatic N) is 1. The maximum atomic E-state index is 10.0. The fourth-order valence-corrected chi connectivity index (χ4v) is 2.72. The first kappa shape index (κ1) is 17.6. The zero-order chi connectivity index (χ0) is 15.4. The van der Waals surface area contributed by atoms with E-state index in [2.05, 4.69) is 29.5 Å². The minimum Gasteiger partial charge on any atom is -0.389 e. The van der Waals surface area contributed by atoms with Crippen molar-refractivity contribution in [3.8, 4) is 0 Å². The van der Waals surface area contributed by atoms with Gasteiger partial charge in [-0.2, -0.15) is 0 Å². The zero-order valence-electron chi connectivity index (χ0n) is 13.5. The summed E-state index contributed by atoms with van der Waals surface area (Å²) in [6.07, 6.45) is 0.411. The van der Waals surface area contributed by atoms with Gasteiger partial charge in [0.15, 0.2) is 0 Å². The van der Waals surface area contributed by atoms with Crippen LogP contribution in [0.25, 0.3) is 0 Å². The van der Waals surface area contributed by atoms with E-state index in [0.29, 0.717) is 13.2 Å². The molecule has 0 aliphatic carbocycles. The third kappa shape index (κ3) is 5.48. The van der Waals surface area contributed by atoms with Gasteiger partial charge in [-0.3, -0.25) is 0 Å². The number of aromatic nitrogens is 1. The number of nitrogens with one attached hydrogen (secondary N) is 1. The smallest absolute Gasteiger partial charge is 0.113 e. The van der Waals surface area contributed by atoms with Crippen molar-refractivity contribution in [2.24, 2.45) is 0 Å². The lowest BCUT2D eigenvalue weighted by atomic mass is 9.99. The quantitative estimate of drug-likeness (QED) is 0.813. The minimum absolute atomic E-state index is 0.193. The molecule has 0 aliphatic heterocycles. The van der Waals surface area contributed by atoms with Crippen LogP contribution in [-0.4, -0.2) is 34.9 Å². The van der Waals surface area contributed by atoms with E-state index in [1.165, 1.54) is 0 Å². The number of aliphatic hydroxyl groups excluding tert-OH is 1. The Hall–Kier alpha value is -0.490. The second-order valence-electron chi connectivity index (χ2n) is 6.44. The molecule has 0 amide bonds. The van der Waals surface area contributed by atoms with E-state index in [9.17, 15) is 5.11 Å². The first-order valence-electron chi connectivity index (χ1n) is 7.16. The number of hydrogen-bond acceptors (Lipinski definition) is 5. The highest BCUT2D eigenvalue weighted by Crippen LogP contribution is 2.27. The van der Waals surface area contributed by atoms with Crippen LogP contribution in [0, 0.1) is 6.92 Å². The molecule has 0 bridgehead atoms. The average Bonchev–Trinajstić information content (AvgIpc) is 2.80. The number of ether oxygens (including phenoxy) is 1. The predicted molar refractivity (Wildman–Crippen MR) is 84.2 cm³/mol. The Labute approximate surface area is 126 Å². The van der Waals surface area contributed by atoms with Crippen molar-refractivity contribution in [3.63, 3.8) is 0 Å². The maximum absolute atomic E-state index is 10.0. The Morgan fingerprint density at radius 3 is 2.50 bits per heavy atom. The molecule has 116 valence electrons. The van der Waals surface area contributed by atoms with Crippen LogP contribution in [-0.2, 0) is 10.3 Å². The molecule has 1 rings (SSSR count). The van der Waals surface area contributed by atoms with E-state index >= 15 is 0 Å². The van der Waals surface area contributed by atoms with E-state index in [0.717, 1.165) is 17.1 Å². The third-order valence-corrected chi connectivity index (χ3v) is 4.46. The van der Waals surface area contributed by atoms with Gasteiger partial charge in [0.05, 0.1) is 23.9 Å². The van der Waals surface area contributed by atoms with Gasteiger partial charge in [0, 0.05) is 17.6 Å². The first-order valence-corrected chi connectivity index (χ1v) is 8.04. The lowest BCUT2D eigenvalue weighted by molar-refractivity contribution is -0.0493. The molecule has 5 heteroatoms. The molecule has 0 aliphatic rings. The molecule has 1 aromatic heterocycles. The highest BCUT2D eigenvalue weighted by molar-refractivity contribution is 7.09. The van der Waals surface area contributed by atoms with E-state index in [4.69, 9.17) is 4.74 Å². The molecule has 0 spiro atoms. The molecule has 20 heavy (non-hydrogen) atoms. The van der Waals surface area contributed by atoms with Crippen molar-refractivity contribution in [2.45, 2.75) is 65.2 Å². The maximum Gasteiger partial charge on any atom is 0.113 e. The SMILES string of the molecule is CCC(C)(NCC(O)COC(C)(C)C)c1nc(C)cs1. The second kappa shape index (κ2) is 6.98. The van der Waals surface area contributed by atoms with Gasteiger partial charge in [-0.05, 0) is 41.0 Å². The van der Waals surface area contributed by atoms with Crippen molar-refractivity contribution >= 4 is 11.3 Å². The van der Waals surface area contributed by atoms with Crippen LogP contribution in [0.5, 0.6) is 0 Å². The number of rotatable bonds is 7. The highest BCUT2D eigenvalue weighted by atomic mass is 32.1. The molecule has 0 fully saturated rings. The molecule has 2 N–H and O–H groups in total. The lowest BCUT2D eigenvalue weighted by Gasteiger charge is -2.29. The largest absolute Gasteiger partial charge is 0.389 e. The van der Waals surface area contributed by atoms with Gasteiger partial charge in [0.1, 0.15) is 5.01 Å². The molecule has 1 aromatic rings. The summed E-state index contributed by atoms with van der Waals surface area (Å²) in [6.45, 7) is 13.1. The van der Waals surface area contributed by atoms with Crippen LogP contribution in [0.1, 0.15) is 51.7 Å². The number of aliphatic hydroxyl groups is 1. The molecular weight excluding hydrogens is 272 g/mol. The van der Waals surface area contributed by atoms with Crippen LogP contribution in [0.3, 0.4) is 0 Å². The summed E-state index contributed by atoms with van der Waals surface area (Å²) in [5, 5.41) is 16.6. The summed E-state index contributed by atoms with van der Waals surface area (Å²) in [4.78, 5) is 4.56. The van der Waals surface area contributed by atoms with Crippen LogP contribution in [0.15, 0.2) is 5.38 Å². The second-order valence-corrected chi connectivity index (χ2v) is 7.30. The summed E-state index contributed by atoms with van der Waals surface area (Å²) in [7, 11) is 0. The topological polar surface area (TPSA) is 54.4 Å². The highest BCUT2D eigenvalue weighted by Gasteiger charge is 2.28. The minimum atomic E-state index is -0.513. The van der Waals surface area contributed by atoms with Gasteiger partial charge in [-0.25, -0.2) is 4.98 Å². The van der Waals surface area contributed by atoms with Crippen LogP contribution >= 0.6 is 11.3 Å². The lowest BCUT2D eigenvalue weighted by Crippen LogP contribution is -2.44. The van der Waals surface area contributed by atoms with Gasteiger partial charge in [0.2, 0.25) is 0 Å². The van der Waals surface area contributed by atoms with E-state index < -0.39 is 6.10 Å². The Morgan fingerprint density at radius 2 is 2.05 bits per heavy atom. The molecule has 1 heterocycles. The standard InChI is InChI=1S/C15H28N2O2S/c1-7-15(6,13-17-11(2)10-20-13)16-8-12(18)9-19-14(3,4)5/h10,12,16,18H,7-9H2,1-6H3. The number of hydrogen-bond donors (Lipinski definition) is 2. The summed E-state index contributed by atoms with van der Waals surface area (Å²) in [6, 6.07) is 0. The molecule has 4 nitrogen and oxygen atoms in total. The number of aryl methyl sites for hydroxylation is 1. The summed E-state index contributed by atoms with van der Waals surface area (Å²) in [5.41, 5.74) is 0.631. The van der Waals surface area contributed by atoms with Gasteiger partial charge in [-0.15, -0.1) is 11.3 Å². The van der Waals surface area contributed by atoms with E-state index in [-0.39, 0.29) is 11.1 Å². The van der Waals surface area contributed by atoms with E-state index in [1.807, 2.05) is 27.7 Å². The Bertz CT molecular complexity index is 414. The van der Waals surface area contributed by atoms with Crippen molar-refractivity contribution in [3.05, 3.63) is 16.1 Å². The number of thiazole rings is 1. The van der Waals surface area contributed by atoms with Gasteiger partial charge >= 0.3 is 0 Å². The normalized spacial score (nSPS) is 16.9. The molecule has 0 saturated carbocycles. The first-order chi connectivity index (χ1) is 9.16. The van der Waals surface area contributed by atoms with Crippen molar-refractivity contribution in [2.75, 3.05) is 13.2 Å². The fourth-order valence-electron chi connectivity index (χ4n) is 1.71. The summed E-state index contributed by atoms with van der Waals surface area (Å²) >= 11 is 1.66. The van der Waals surface area contributed by atoms with Gasteiger partial charge < -0.3 is 15.2 Å². The van der Waals surface area contributed by atoms with Gasteiger partial charge in [0.25, 0.3) is 0 Å². The van der Waals surface area contributed by atoms with Crippen LogP contribution in [0.4, 0.5) is 0 Å². The third-order valence-electron chi connectivity index (χ3n) is 3.23. The zero-order valence-corrected chi connectivity index (χ0v) is 14.3. The van der Waals surface area contributed by atoms with E-state index in [1.54, 1.807) is 11.3 Å².